The van der Waals surface area contributed by atoms with Crippen molar-refractivity contribution in [3.8, 4) is 0 Å². The van der Waals surface area contributed by atoms with E-state index in [4.69, 9.17) is 0 Å². The van der Waals surface area contributed by atoms with Crippen molar-refractivity contribution >= 4 is 22.5 Å². The molecule has 128 valence electrons. The fraction of sp³-hybridized carbons (Fsp3) is 0.474. The molecule has 2 heterocycles. The Balaban J connectivity index is 1.67. The summed E-state index contributed by atoms with van der Waals surface area (Å²) in [7, 11) is 0. The number of nitrogens with one attached hydrogen (secondary N) is 1. The van der Waals surface area contributed by atoms with E-state index in [1.165, 1.54) is 11.1 Å². The van der Waals surface area contributed by atoms with Crippen LogP contribution in [0.1, 0.15) is 20.8 Å². The number of nitrogens with zero attached hydrogens (tertiary/aromatic N) is 3. The zero-order chi connectivity index (χ0) is 17.1. The van der Waals surface area contributed by atoms with Crippen LogP contribution < -0.4 is 10.2 Å². The van der Waals surface area contributed by atoms with E-state index < -0.39 is 0 Å². The van der Waals surface area contributed by atoms with Gasteiger partial charge in [-0.05, 0) is 32.9 Å². The van der Waals surface area contributed by atoms with E-state index in [0.29, 0.717) is 0 Å². The summed E-state index contributed by atoms with van der Waals surface area (Å²) in [6.45, 7) is 9.62. The smallest absolute Gasteiger partial charge is 0.237 e. The summed E-state index contributed by atoms with van der Waals surface area (Å²) in [6.07, 6.45) is 1.88. The number of hydrogen-bond donors (Lipinski definition) is 1. The average molecular weight is 326 g/mol. The fourth-order valence-corrected chi connectivity index (χ4v) is 3.28. The molecule has 5 heteroatoms. The Morgan fingerprint density at radius 1 is 1.08 bits per heavy atom. The number of anilines is 1. The maximum absolute atomic E-state index is 12.2. The first-order valence-electron chi connectivity index (χ1n) is 8.69. The number of hydrogen-bond acceptors (Lipinski definition) is 4. The lowest BCUT2D eigenvalue weighted by molar-refractivity contribution is -0.126. The third-order valence-electron chi connectivity index (χ3n) is 4.64. The quantitative estimate of drug-likeness (QED) is 0.936. The number of rotatable bonds is 4. The first kappa shape index (κ1) is 16.7. The summed E-state index contributed by atoms with van der Waals surface area (Å²) in [6, 6.07) is 10.4. The van der Waals surface area contributed by atoms with E-state index >= 15 is 0 Å². The van der Waals surface area contributed by atoms with E-state index in [1.807, 2.05) is 39.1 Å². The minimum absolute atomic E-state index is 0.0799. The molecule has 1 N–H and O–H groups in total. The summed E-state index contributed by atoms with van der Waals surface area (Å²) >= 11 is 0. The maximum atomic E-state index is 12.2. The van der Waals surface area contributed by atoms with Gasteiger partial charge < -0.3 is 10.2 Å². The van der Waals surface area contributed by atoms with E-state index in [2.05, 4.69) is 38.3 Å². The van der Waals surface area contributed by atoms with E-state index in [-0.39, 0.29) is 18.0 Å². The Labute approximate surface area is 143 Å². The van der Waals surface area contributed by atoms with Crippen molar-refractivity contribution in [2.45, 2.75) is 32.9 Å². The second-order valence-corrected chi connectivity index (χ2v) is 6.71. The van der Waals surface area contributed by atoms with Gasteiger partial charge in [0.25, 0.3) is 0 Å². The normalized spacial score (nSPS) is 17.2. The zero-order valence-electron chi connectivity index (χ0n) is 14.7. The molecule has 1 aromatic heterocycles. The summed E-state index contributed by atoms with van der Waals surface area (Å²) in [4.78, 5) is 21.3. The van der Waals surface area contributed by atoms with Crippen molar-refractivity contribution < 1.29 is 4.79 Å². The third kappa shape index (κ3) is 3.51. The van der Waals surface area contributed by atoms with Crippen molar-refractivity contribution in [3.63, 3.8) is 0 Å². The predicted octanol–water partition coefficient (Wildman–Crippen LogP) is 2.27. The highest BCUT2D eigenvalue weighted by atomic mass is 16.2. The van der Waals surface area contributed by atoms with Crippen LogP contribution in [0.25, 0.3) is 10.9 Å². The van der Waals surface area contributed by atoms with Crippen molar-refractivity contribution in [2.24, 2.45) is 0 Å². The fourth-order valence-electron chi connectivity index (χ4n) is 3.28. The van der Waals surface area contributed by atoms with Crippen LogP contribution in [0.3, 0.4) is 0 Å². The molecule has 1 fully saturated rings. The van der Waals surface area contributed by atoms with Crippen molar-refractivity contribution in [1.82, 2.24) is 15.2 Å². The molecule has 1 aliphatic rings. The minimum atomic E-state index is -0.0799. The highest BCUT2D eigenvalue weighted by Gasteiger charge is 2.26. The van der Waals surface area contributed by atoms with E-state index in [9.17, 15) is 4.79 Å². The van der Waals surface area contributed by atoms with Gasteiger partial charge in [0, 0.05) is 49.5 Å². The van der Waals surface area contributed by atoms with Gasteiger partial charge in [-0.2, -0.15) is 0 Å². The second-order valence-electron chi connectivity index (χ2n) is 6.71. The van der Waals surface area contributed by atoms with E-state index in [0.717, 1.165) is 31.7 Å². The number of benzene rings is 1. The van der Waals surface area contributed by atoms with Gasteiger partial charge in [-0.3, -0.25) is 14.7 Å². The Morgan fingerprint density at radius 2 is 1.79 bits per heavy atom. The van der Waals surface area contributed by atoms with Crippen LogP contribution >= 0.6 is 0 Å². The molecule has 1 aromatic carbocycles. The molecule has 0 bridgehead atoms. The topological polar surface area (TPSA) is 48.5 Å². The molecule has 1 unspecified atom stereocenters. The van der Waals surface area contributed by atoms with Crippen LogP contribution in [-0.2, 0) is 4.79 Å². The summed E-state index contributed by atoms with van der Waals surface area (Å²) in [5, 5.41) is 4.20. The molecule has 5 nitrogen and oxygen atoms in total. The van der Waals surface area contributed by atoms with Crippen LogP contribution in [-0.4, -0.2) is 54.1 Å². The van der Waals surface area contributed by atoms with Gasteiger partial charge in [-0.1, -0.05) is 18.2 Å². The van der Waals surface area contributed by atoms with Gasteiger partial charge in [0.15, 0.2) is 0 Å². The largest absolute Gasteiger partial charge is 0.368 e. The number of aromatic nitrogens is 1. The number of fused-ring (bicyclic) bond motifs is 1. The number of carbonyl (C=O) groups is 1. The lowest BCUT2D eigenvalue weighted by atomic mass is 10.1. The van der Waals surface area contributed by atoms with Crippen molar-refractivity contribution in [3.05, 3.63) is 36.5 Å². The molecule has 0 spiro atoms. The van der Waals surface area contributed by atoms with E-state index in [1.54, 1.807) is 0 Å². The van der Waals surface area contributed by atoms with Crippen LogP contribution in [0.5, 0.6) is 0 Å². The number of piperazine rings is 1. The minimum Gasteiger partial charge on any atom is -0.368 e. The Kier molecular flexibility index (Phi) is 5.00. The Morgan fingerprint density at radius 3 is 2.50 bits per heavy atom. The molecule has 1 saturated heterocycles. The number of carbonyl (C=O) groups excluding carboxylic acids is 1. The van der Waals surface area contributed by atoms with Crippen LogP contribution in [0, 0.1) is 0 Å². The van der Waals surface area contributed by atoms with Gasteiger partial charge in [-0.15, -0.1) is 0 Å². The monoisotopic (exact) mass is 326 g/mol. The van der Waals surface area contributed by atoms with Crippen molar-refractivity contribution in [1.29, 1.82) is 0 Å². The Bertz CT molecular complexity index is 702. The molecule has 1 aliphatic heterocycles. The highest BCUT2D eigenvalue weighted by Crippen LogP contribution is 2.26. The molecule has 2 aromatic rings. The molecule has 24 heavy (non-hydrogen) atoms. The summed E-state index contributed by atoms with van der Waals surface area (Å²) < 4.78 is 0. The number of pyridine rings is 1. The molecule has 0 aliphatic carbocycles. The average Bonchev–Trinajstić information content (AvgIpc) is 2.60. The van der Waals surface area contributed by atoms with Crippen LogP contribution in [0.2, 0.25) is 0 Å². The molecular formula is C19H26N4O. The second kappa shape index (κ2) is 7.18. The molecule has 1 atom stereocenters. The van der Waals surface area contributed by atoms with Crippen LogP contribution in [0.15, 0.2) is 36.5 Å². The lowest BCUT2D eigenvalue weighted by Crippen LogP contribution is -2.54. The molecule has 0 radical (unpaired) electrons. The van der Waals surface area contributed by atoms with Crippen LogP contribution in [0.4, 0.5) is 5.69 Å². The molecular weight excluding hydrogens is 300 g/mol. The standard InChI is InChI=1S/C19H26N4O/c1-14(2)21-19(24)15(3)22-10-12-23(13-11-22)18-8-9-20-17-7-5-4-6-16(17)18/h4-9,14-15H,10-13H2,1-3H3,(H,21,24). The zero-order valence-corrected chi connectivity index (χ0v) is 14.7. The molecule has 3 rings (SSSR count). The maximum Gasteiger partial charge on any atom is 0.237 e. The number of para-hydroxylation sites is 1. The summed E-state index contributed by atoms with van der Waals surface area (Å²) in [5.74, 6) is 0.118. The SMILES string of the molecule is CC(C)NC(=O)C(C)N1CCN(c2ccnc3ccccc23)CC1. The van der Waals surface area contributed by atoms with Gasteiger partial charge in [0.2, 0.25) is 5.91 Å². The lowest BCUT2D eigenvalue weighted by Gasteiger charge is -2.39. The van der Waals surface area contributed by atoms with Gasteiger partial charge in [-0.25, -0.2) is 0 Å². The molecule has 1 amide bonds. The summed E-state index contributed by atoms with van der Waals surface area (Å²) in [5.41, 5.74) is 2.27. The van der Waals surface area contributed by atoms with Gasteiger partial charge >= 0.3 is 0 Å². The first-order valence-corrected chi connectivity index (χ1v) is 8.69. The van der Waals surface area contributed by atoms with Crippen molar-refractivity contribution in [2.75, 3.05) is 31.1 Å². The number of amides is 1. The first-order chi connectivity index (χ1) is 11.6. The third-order valence-corrected chi connectivity index (χ3v) is 4.64. The predicted molar refractivity (Wildman–Crippen MR) is 98.3 cm³/mol. The molecule has 0 saturated carbocycles. The highest BCUT2D eigenvalue weighted by molar-refractivity contribution is 5.91. The Hall–Kier alpha value is -2.14. The van der Waals surface area contributed by atoms with Gasteiger partial charge in [0.1, 0.15) is 0 Å². The van der Waals surface area contributed by atoms with Gasteiger partial charge in [0.05, 0.1) is 11.6 Å².